The Kier molecular flexibility index (Phi) is 6.15. The van der Waals surface area contributed by atoms with Gasteiger partial charge in [0.25, 0.3) is 0 Å². The molecule has 1 unspecified atom stereocenters. The fourth-order valence-electron chi connectivity index (χ4n) is 4.13. The Morgan fingerprint density at radius 2 is 1.69 bits per heavy atom. The van der Waals surface area contributed by atoms with E-state index in [9.17, 15) is 13.2 Å². The summed E-state index contributed by atoms with van der Waals surface area (Å²) in [6.45, 7) is 2.89. The molecule has 0 radical (unpaired) electrons. The summed E-state index contributed by atoms with van der Waals surface area (Å²) in [5.41, 5.74) is 10.8. The molecule has 0 bridgehead atoms. The van der Waals surface area contributed by atoms with Crippen molar-refractivity contribution in [1.29, 1.82) is 0 Å². The van der Waals surface area contributed by atoms with E-state index >= 15 is 0 Å². The van der Waals surface area contributed by atoms with Crippen LogP contribution in [0.1, 0.15) is 22.6 Å². The largest absolute Gasteiger partial charge is 0.480 e. The van der Waals surface area contributed by atoms with Crippen molar-refractivity contribution in [1.82, 2.24) is 4.31 Å². The first-order valence-corrected chi connectivity index (χ1v) is 11.9. The second-order valence-electron chi connectivity index (χ2n) is 8.22. The zero-order valence-electron chi connectivity index (χ0n) is 17.8. The van der Waals surface area contributed by atoms with Crippen LogP contribution >= 0.6 is 0 Å². The summed E-state index contributed by atoms with van der Waals surface area (Å²) in [5, 5.41) is 9.02. The van der Waals surface area contributed by atoms with Crippen molar-refractivity contribution >= 4 is 16.0 Å². The molecule has 6 nitrogen and oxygen atoms in total. The molecule has 1 aliphatic heterocycles. The van der Waals surface area contributed by atoms with Gasteiger partial charge in [0, 0.05) is 19.0 Å². The molecule has 1 heterocycles. The molecule has 0 saturated carbocycles. The minimum Gasteiger partial charge on any atom is -0.480 e. The first kappa shape index (κ1) is 22.2. The zero-order valence-corrected chi connectivity index (χ0v) is 18.6. The number of rotatable bonds is 7. The highest BCUT2D eigenvalue weighted by molar-refractivity contribution is 7.89. The third kappa shape index (κ3) is 4.32. The van der Waals surface area contributed by atoms with Crippen LogP contribution in [0.5, 0.6) is 0 Å². The van der Waals surface area contributed by atoms with Crippen molar-refractivity contribution < 1.29 is 18.3 Å². The highest BCUT2D eigenvalue weighted by atomic mass is 32.2. The van der Waals surface area contributed by atoms with E-state index in [1.807, 2.05) is 24.3 Å². The number of benzene rings is 3. The minimum absolute atomic E-state index is 0.0745. The normalized spacial score (nSPS) is 15.8. The summed E-state index contributed by atoms with van der Waals surface area (Å²) in [5.74, 6) is -1.000. The molecule has 0 amide bonds. The molecule has 1 saturated heterocycles. The van der Waals surface area contributed by atoms with E-state index in [0.29, 0.717) is 18.7 Å². The van der Waals surface area contributed by atoms with Crippen LogP contribution in [0.2, 0.25) is 0 Å². The molecule has 3 aromatic rings. The summed E-state index contributed by atoms with van der Waals surface area (Å²) in [4.78, 5) is 11.2. The molecule has 1 atom stereocenters. The fraction of sp³-hybridized carbons (Fsp3) is 0.240. The van der Waals surface area contributed by atoms with E-state index < -0.39 is 22.0 Å². The number of hydrogen-bond acceptors (Lipinski definition) is 4. The van der Waals surface area contributed by atoms with E-state index in [1.54, 1.807) is 18.2 Å². The number of aliphatic carboxylic acids is 1. The minimum atomic E-state index is -3.66. The maximum absolute atomic E-state index is 13.2. The maximum atomic E-state index is 13.2. The number of sulfonamides is 1. The van der Waals surface area contributed by atoms with Crippen molar-refractivity contribution in [2.45, 2.75) is 30.2 Å². The summed E-state index contributed by atoms with van der Waals surface area (Å²) < 4.78 is 27.8. The van der Waals surface area contributed by atoms with Crippen molar-refractivity contribution in [2.24, 2.45) is 5.73 Å². The number of nitrogens with zero attached hydrogens (tertiary/aromatic N) is 1. The fourth-order valence-corrected chi connectivity index (χ4v) is 5.73. The van der Waals surface area contributed by atoms with E-state index in [1.165, 1.54) is 15.9 Å². The van der Waals surface area contributed by atoms with Crippen LogP contribution in [0.15, 0.2) is 77.7 Å². The molecular weight excluding hydrogens is 424 g/mol. The Labute approximate surface area is 188 Å². The van der Waals surface area contributed by atoms with Crippen molar-refractivity contribution in [3.05, 3.63) is 89.5 Å². The number of carboxylic acids is 1. The molecule has 7 heteroatoms. The summed E-state index contributed by atoms with van der Waals surface area (Å²) >= 11 is 0. The Bertz CT molecular complexity index is 1250. The Hall–Kier alpha value is -3.00. The Balaban J connectivity index is 1.53. The third-order valence-electron chi connectivity index (χ3n) is 5.99. The lowest BCUT2D eigenvalue weighted by Crippen LogP contribution is -2.48. The van der Waals surface area contributed by atoms with Crippen molar-refractivity contribution in [2.75, 3.05) is 13.1 Å². The quantitative estimate of drug-likeness (QED) is 0.575. The van der Waals surface area contributed by atoms with Crippen LogP contribution in [0.3, 0.4) is 0 Å². The van der Waals surface area contributed by atoms with Crippen molar-refractivity contribution in [3.8, 4) is 11.1 Å². The van der Waals surface area contributed by atoms with Gasteiger partial charge in [-0.15, -0.1) is 0 Å². The second-order valence-corrected chi connectivity index (χ2v) is 10.2. The van der Waals surface area contributed by atoms with Gasteiger partial charge >= 0.3 is 5.97 Å². The van der Waals surface area contributed by atoms with Gasteiger partial charge in [0.15, 0.2) is 0 Å². The maximum Gasteiger partial charge on any atom is 0.320 e. The Morgan fingerprint density at radius 1 is 1.03 bits per heavy atom. The number of carboxylic acid groups (broad SMARTS) is 1. The number of nitrogens with two attached hydrogens (primary N) is 1. The van der Waals surface area contributed by atoms with Gasteiger partial charge < -0.3 is 10.8 Å². The molecule has 166 valence electrons. The van der Waals surface area contributed by atoms with Gasteiger partial charge in [-0.1, -0.05) is 60.7 Å². The van der Waals surface area contributed by atoms with Crippen LogP contribution in [0.25, 0.3) is 11.1 Å². The molecular formula is C25H26N2O4S. The smallest absolute Gasteiger partial charge is 0.320 e. The molecule has 1 fully saturated rings. The van der Waals surface area contributed by atoms with Gasteiger partial charge in [0.1, 0.15) is 6.04 Å². The van der Waals surface area contributed by atoms with E-state index in [2.05, 4.69) is 31.2 Å². The molecule has 0 aromatic heterocycles. The summed E-state index contributed by atoms with van der Waals surface area (Å²) in [6, 6.07) is 21.7. The predicted octanol–water partition coefficient (Wildman–Crippen LogP) is 3.40. The predicted molar refractivity (Wildman–Crippen MR) is 124 cm³/mol. The molecule has 3 aromatic carbocycles. The molecule has 1 aliphatic rings. The number of aryl methyl sites for hydroxylation is 1. The Morgan fingerprint density at radius 3 is 2.38 bits per heavy atom. The highest BCUT2D eigenvalue weighted by Crippen LogP contribution is 2.38. The second kappa shape index (κ2) is 8.86. The van der Waals surface area contributed by atoms with Gasteiger partial charge in [0.2, 0.25) is 10.0 Å². The van der Waals surface area contributed by atoms with Crippen LogP contribution in [0.4, 0.5) is 0 Å². The van der Waals surface area contributed by atoms with Gasteiger partial charge in [0.05, 0.1) is 4.90 Å². The molecule has 32 heavy (non-hydrogen) atoms. The van der Waals surface area contributed by atoms with Crippen LogP contribution in [-0.4, -0.2) is 42.9 Å². The monoisotopic (exact) mass is 450 g/mol. The van der Waals surface area contributed by atoms with E-state index in [4.69, 9.17) is 10.8 Å². The van der Waals surface area contributed by atoms with Gasteiger partial charge in [-0.2, -0.15) is 4.31 Å². The van der Waals surface area contributed by atoms with Crippen LogP contribution in [-0.2, 0) is 21.2 Å². The number of hydrogen-bond donors (Lipinski definition) is 2. The molecule has 0 aliphatic carbocycles. The lowest BCUT2D eigenvalue weighted by Gasteiger charge is -2.39. The van der Waals surface area contributed by atoms with Crippen LogP contribution < -0.4 is 5.73 Å². The van der Waals surface area contributed by atoms with E-state index in [0.717, 1.165) is 16.7 Å². The average Bonchev–Trinajstić information content (AvgIpc) is 2.73. The molecule has 3 N–H and O–H groups in total. The third-order valence-corrected chi connectivity index (χ3v) is 7.82. The first-order valence-electron chi connectivity index (χ1n) is 10.5. The lowest BCUT2D eigenvalue weighted by molar-refractivity contribution is -0.138. The average molecular weight is 451 g/mol. The molecule has 0 spiro atoms. The van der Waals surface area contributed by atoms with Gasteiger partial charge in [-0.05, 0) is 53.3 Å². The lowest BCUT2D eigenvalue weighted by atomic mass is 9.86. The SMILES string of the molecule is Cc1ccccc1-c1ccccc1C1CN(S(=O)(=O)c2cccc(CC(N)C(=O)O)c2)C1. The first-order chi connectivity index (χ1) is 15.3. The van der Waals surface area contributed by atoms with Crippen LogP contribution in [0, 0.1) is 6.92 Å². The van der Waals surface area contributed by atoms with Gasteiger partial charge in [-0.3, -0.25) is 4.79 Å². The van der Waals surface area contributed by atoms with Gasteiger partial charge in [-0.25, -0.2) is 8.42 Å². The van der Waals surface area contributed by atoms with Crippen molar-refractivity contribution in [3.63, 3.8) is 0 Å². The summed E-state index contributed by atoms with van der Waals surface area (Å²) in [6.07, 6.45) is 0.0745. The zero-order chi connectivity index (χ0) is 22.9. The van der Waals surface area contributed by atoms with E-state index in [-0.39, 0.29) is 17.2 Å². The standard InChI is InChI=1S/C25H26N2O4S/c1-17-7-2-3-10-21(17)23-12-5-4-11-22(23)19-15-27(16-19)32(30,31)20-9-6-8-18(13-20)14-24(26)25(28)29/h2-13,19,24H,14-16,26H2,1H3,(H,28,29). The number of carbonyl (C=O) groups is 1. The summed E-state index contributed by atoms with van der Waals surface area (Å²) in [7, 11) is -3.66. The highest BCUT2D eigenvalue weighted by Gasteiger charge is 2.38. The molecule has 4 rings (SSSR count). The topological polar surface area (TPSA) is 101 Å².